The molecule has 2 aromatic rings. The van der Waals surface area contributed by atoms with Gasteiger partial charge in [-0.2, -0.15) is 0 Å². The van der Waals surface area contributed by atoms with Gasteiger partial charge in [0.1, 0.15) is 0 Å². The van der Waals surface area contributed by atoms with Gasteiger partial charge in [-0.05, 0) is 50.1 Å². The maximum Gasteiger partial charge on any atom is 0.308 e. The second-order valence-electron chi connectivity index (χ2n) is 7.43. The number of ether oxygens (including phenoxy) is 1. The summed E-state index contributed by atoms with van der Waals surface area (Å²) in [5.74, 6) is -0.607. The van der Waals surface area contributed by atoms with Crippen LogP contribution < -0.4 is 4.31 Å². The second kappa shape index (κ2) is 8.87. The summed E-state index contributed by atoms with van der Waals surface area (Å²) in [6.45, 7) is 2.81. The Kier molecular flexibility index (Phi) is 6.45. The SMILES string of the molecule is COC(=O)C1CCN(C(=O)c2cccc(N(C)S(=O)(=O)c3ccc(C)cc3)c2)CC1. The zero-order valence-corrected chi connectivity index (χ0v) is 18.2. The Bertz CT molecular complexity index is 1030. The van der Waals surface area contributed by atoms with Gasteiger partial charge in [-0.25, -0.2) is 8.42 Å². The van der Waals surface area contributed by atoms with Crippen LogP contribution in [0.2, 0.25) is 0 Å². The molecule has 0 spiro atoms. The minimum absolute atomic E-state index is 0.179. The third-order valence-corrected chi connectivity index (χ3v) is 7.25. The molecule has 0 aliphatic carbocycles. The first-order chi connectivity index (χ1) is 14.2. The van der Waals surface area contributed by atoms with Gasteiger partial charge in [-0.1, -0.05) is 23.8 Å². The number of hydrogen-bond donors (Lipinski definition) is 0. The molecule has 0 unspecified atom stereocenters. The van der Waals surface area contributed by atoms with E-state index in [-0.39, 0.29) is 22.7 Å². The number of hydrogen-bond acceptors (Lipinski definition) is 5. The van der Waals surface area contributed by atoms with Gasteiger partial charge in [0.15, 0.2) is 0 Å². The van der Waals surface area contributed by atoms with Crippen molar-refractivity contribution in [3.8, 4) is 0 Å². The summed E-state index contributed by atoms with van der Waals surface area (Å²) in [4.78, 5) is 26.5. The maximum atomic E-state index is 12.9. The Hall–Kier alpha value is -2.87. The van der Waals surface area contributed by atoms with E-state index in [4.69, 9.17) is 4.74 Å². The molecule has 2 aromatic carbocycles. The van der Waals surface area contributed by atoms with Gasteiger partial charge in [0, 0.05) is 25.7 Å². The molecule has 30 heavy (non-hydrogen) atoms. The molecular weight excluding hydrogens is 404 g/mol. The van der Waals surface area contributed by atoms with Gasteiger partial charge in [0.2, 0.25) is 0 Å². The van der Waals surface area contributed by atoms with Crippen LogP contribution in [0.25, 0.3) is 0 Å². The molecule has 8 heteroatoms. The van der Waals surface area contributed by atoms with Crippen LogP contribution in [-0.2, 0) is 19.6 Å². The summed E-state index contributed by atoms with van der Waals surface area (Å²) >= 11 is 0. The number of nitrogens with zero attached hydrogens (tertiary/aromatic N) is 2. The van der Waals surface area contributed by atoms with Gasteiger partial charge in [-0.3, -0.25) is 13.9 Å². The standard InChI is InChI=1S/C22H26N2O5S/c1-16-7-9-20(10-8-16)30(27,28)23(2)19-6-4-5-18(15-19)21(25)24-13-11-17(12-14-24)22(26)29-3/h4-10,15,17H,11-14H2,1-3H3. The minimum atomic E-state index is -3.74. The number of rotatable bonds is 5. The van der Waals surface area contributed by atoms with Crippen molar-refractivity contribution in [3.05, 3.63) is 59.7 Å². The molecule has 1 saturated heterocycles. The van der Waals surface area contributed by atoms with Crippen molar-refractivity contribution in [2.24, 2.45) is 5.92 Å². The molecule has 0 saturated carbocycles. The lowest BCUT2D eigenvalue weighted by Gasteiger charge is -2.31. The first kappa shape index (κ1) is 21.8. The molecule has 7 nitrogen and oxygen atoms in total. The summed E-state index contributed by atoms with van der Waals surface area (Å²) in [5, 5.41) is 0. The van der Waals surface area contributed by atoms with Crippen LogP contribution in [-0.4, -0.2) is 52.4 Å². The highest BCUT2D eigenvalue weighted by Crippen LogP contribution is 2.25. The van der Waals surface area contributed by atoms with Crippen molar-refractivity contribution < 1.29 is 22.7 Å². The van der Waals surface area contributed by atoms with Crippen LogP contribution in [0.1, 0.15) is 28.8 Å². The number of carbonyl (C=O) groups excluding carboxylic acids is 2. The van der Waals surface area contributed by atoms with Crippen molar-refractivity contribution in [1.82, 2.24) is 4.90 Å². The molecule has 0 atom stereocenters. The zero-order chi connectivity index (χ0) is 21.9. The minimum Gasteiger partial charge on any atom is -0.469 e. The largest absolute Gasteiger partial charge is 0.469 e. The van der Waals surface area contributed by atoms with Gasteiger partial charge in [0.05, 0.1) is 23.6 Å². The lowest BCUT2D eigenvalue weighted by atomic mass is 9.96. The highest BCUT2D eigenvalue weighted by atomic mass is 32.2. The quantitative estimate of drug-likeness (QED) is 0.681. The van der Waals surface area contributed by atoms with E-state index < -0.39 is 10.0 Å². The zero-order valence-electron chi connectivity index (χ0n) is 17.4. The maximum absolute atomic E-state index is 12.9. The number of methoxy groups -OCH3 is 1. The van der Waals surface area contributed by atoms with E-state index in [2.05, 4.69) is 0 Å². The van der Waals surface area contributed by atoms with Crippen molar-refractivity contribution in [3.63, 3.8) is 0 Å². The van der Waals surface area contributed by atoms with Gasteiger partial charge in [-0.15, -0.1) is 0 Å². The predicted molar refractivity (Wildman–Crippen MR) is 114 cm³/mol. The summed E-state index contributed by atoms with van der Waals surface area (Å²) in [5.41, 5.74) is 1.79. The molecule has 1 amide bonds. The molecule has 0 N–H and O–H groups in total. The smallest absolute Gasteiger partial charge is 0.308 e. The summed E-state index contributed by atoms with van der Waals surface area (Å²) in [6, 6.07) is 13.2. The number of esters is 1. The number of amides is 1. The first-order valence-electron chi connectivity index (χ1n) is 9.77. The molecule has 1 aliphatic rings. The Labute approximate surface area is 177 Å². The normalized spacial score (nSPS) is 15.0. The van der Waals surface area contributed by atoms with Gasteiger partial charge < -0.3 is 9.64 Å². The lowest BCUT2D eigenvalue weighted by molar-refractivity contribution is -0.146. The highest BCUT2D eigenvalue weighted by molar-refractivity contribution is 7.92. The monoisotopic (exact) mass is 430 g/mol. The number of carbonyl (C=O) groups is 2. The van der Waals surface area contributed by atoms with Crippen molar-refractivity contribution in [2.75, 3.05) is 31.6 Å². The molecule has 0 aromatic heterocycles. The second-order valence-corrected chi connectivity index (χ2v) is 9.39. The number of anilines is 1. The van der Waals surface area contributed by atoms with E-state index in [1.807, 2.05) is 6.92 Å². The number of benzene rings is 2. The van der Waals surface area contributed by atoms with Crippen molar-refractivity contribution >= 4 is 27.6 Å². The fraction of sp³-hybridized carbons (Fsp3) is 0.364. The highest BCUT2D eigenvalue weighted by Gasteiger charge is 2.29. The average Bonchev–Trinajstić information content (AvgIpc) is 2.78. The fourth-order valence-electron chi connectivity index (χ4n) is 3.51. The number of likely N-dealkylation sites (tertiary alicyclic amines) is 1. The predicted octanol–water partition coefficient (Wildman–Crippen LogP) is 2.85. The molecule has 0 bridgehead atoms. The lowest BCUT2D eigenvalue weighted by Crippen LogP contribution is -2.40. The summed E-state index contributed by atoms with van der Waals surface area (Å²) in [7, 11) is -0.898. The molecule has 160 valence electrons. The Balaban J connectivity index is 1.76. The molecule has 3 rings (SSSR count). The third kappa shape index (κ3) is 4.48. The van der Waals surface area contributed by atoms with Crippen LogP contribution in [0.3, 0.4) is 0 Å². The summed E-state index contributed by atoms with van der Waals surface area (Å²) in [6.07, 6.45) is 1.11. The van der Waals surface area contributed by atoms with E-state index in [9.17, 15) is 18.0 Å². The van der Waals surface area contributed by atoms with Gasteiger partial charge in [0.25, 0.3) is 15.9 Å². The van der Waals surface area contributed by atoms with Crippen molar-refractivity contribution in [2.45, 2.75) is 24.7 Å². The average molecular weight is 431 g/mol. The van der Waals surface area contributed by atoms with Crippen LogP contribution in [0.5, 0.6) is 0 Å². The summed E-state index contributed by atoms with van der Waals surface area (Å²) < 4.78 is 31.8. The van der Waals surface area contributed by atoms with E-state index in [0.29, 0.717) is 37.2 Å². The molecule has 1 aliphatic heterocycles. The molecular formula is C22H26N2O5S. The van der Waals surface area contributed by atoms with E-state index in [1.165, 1.54) is 18.5 Å². The number of aryl methyl sites for hydroxylation is 1. The van der Waals surface area contributed by atoms with Crippen molar-refractivity contribution in [1.29, 1.82) is 0 Å². The Morgan fingerprint density at radius 1 is 1.07 bits per heavy atom. The molecule has 1 fully saturated rings. The third-order valence-electron chi connectivity index (χ3n) is 5.45. The van der Waals surface area contributed by atoms with Crippen LogP contribution in [0, 0.1) is 12.8 Å². The fourth-order valence-corrected chi connectivity index (χ4v) is 4.70. The Morgan fingerprint density at radius 3 is 2.30 bits per heavy atom. The van der Waals surface area contributed by atoms with E-state index in [0.717, 1.165) is 5.56 Å². The van der Waals surface area contributed by atoms with E-state index in [1.54, 1.807) is 53.4 Å². The van der Waals surface area contributed by atoms with E-state index >= 15 is 0 Å². The first-order valence-corrected chi connectivity index (χ1v) is 11.2. The van der Waals surface area contributed by atoms with Crippen LogP contribution in [0.15, 0.2) is 53.4 Å². The molecule has 1 heterocycles. The van der Waals surface area contributed by atoms with Crippen LogP contribution >= 0.6 is 0 Å². The van der Waals surface area contributed by atoms with Crippen LogP contribution in [0.4, 0.5) is 5.69 Å². The van der Waals surface area contributed by atoms with Gasteiger partial charge >= 0.3 is 5.97 Å². The Morgan fingerprint density at radius 2 is 1.70 bits per heavy atom. The molecule has 0 radical (unpaired) electrons. The number of sulfonamides is 1. The number of piperidine rings is 1. The topological polar surface area (TPSA) is 84.0 Å².